The van der Waals surface area contributed by atoms with Crippen LogP contribution < -0.4 is 5.11 Å². The maximum Gasteiger partial charge on any atom is 0.337 e. The van der Waals surface area contributed by atoms with Gasteiger partial charge >= 0.3 is 5.97 Å². The summed E-state index contributed by atoms with van der Waals surface area (Å²) in [6, 6.07) is 9.35. The molecular weight excluding hydrogens is 206 g/mol. The zero-order chi connectivity index (χ0) is 11.5. The van der Waals surface area contributed by atoms with E-state index in [2.05, 4.69) is 4.98 Å². The van der Waals surface area contributed by atoms with Gasteiger partial charge in [0.1, 0.15) is 0 Å². The smallest absolute Gasteiger partial charge is 0.337 e. The highest BCUT2D eigenvalue weighted by Gasteiger charge is 2.03. The fourth-order valence-electron chi connectivity index (χ4n) is 1.35. The molecule has 0 saturated carbocycles. The number of aromatic carboxylic acids is 1. The first-order valence-electron chi connectivity index (χ1n) is 4.63. The molecular formula is C12H8NO3-. The Kier molecular flexibility index (Phi) is 2.55. The summed E-state index contributed by atoms with van der Waals surface area (Å²) in [4.78, 5) is 14.6. The predicted molar refractivity (Wildman–Crippen MR) is 56.1 cm³/mol. The average molecular weight is 214 g/mol. The van der Waals surface area contributed by atoms with Gasteiger partial charge in [-0.05, 0) is 17.7 Å². The number of carbonyl (C=O) groups is 1. The molecule has 4 nitrogen and oxygen atoms in total. The van der Waals surface area contributed by atoms with Gasteiger partial charge in [-0.3, -0.25) is 4.98 Å². The van der Waals surface area contributed by atoms with Crippen LogP contribution in [-0.4, -0.2) is 16.1 Å². The van der Waals surface area contributed by atoms with Gasteiger partial charge in [0.2, 0.25) is 0 Å². The van der Waals surface area contributed by atoms with Crippen molar-refractivity contribution in [1.82, 2.24) is 4.98 Å². The number of hydrogen-bond acceptors (Lipinski definition) is 3. The van der Waals surface area contributed by atoms with Crippen molar-refractivity contribution in [3.63, 3.8) is 0 Å². The Balaban J connectivity index is 2.38. The second-order valence-corrected chi connectivity index (χ2v) is 3.27. The minimum absolute atomic E-state index is 0.0957. The fourth-order valence-corrected chi connectivity index (χ4v) is 1.35. The molecule has 1 heterocycles. The Bertz CT molecular complexity index is 520. The number of benzene rings is 1. The van der Waals surface area contributed by atoms with E-state index in [1.807, 2.05) is 0 Å². The van der Waals surface area contributed by atoms with E-state index in [4.69, 9.17) is 5.11 Å². The second-order valence-electron chi connectivity index (χ2n) is 3.27. The second kappa shape index (κ2) is 4.02. The van der Waals surface area contributed by atoms with Gasteiger partial charge in [0.05, 0.1) is 11.3 Å². The lowest BCUT2D eigenvalue weighted by atomic mass is 10.1. The standard InChI is InChI=1S/C12H9NO3/c14-10-3-1-2-8(6-10)11-5-4-9(7-13-11)12(15)16/h1-7,14H,(H,15,16)/p-1. The largest absolute Gasteiger partial charge is 0.872 e. The molecule has 0 saturated heterocycles. The third-order valence-corrected chi connectivity index (χ3v) is 2.14. The molecule has 0 aliphatic heterocycles. The van der Waals surface area contributed by atoms with Crippen LogP contribution in [0.1, 0.15) is 10.4 Å². The molecule has 4 heteroatoms. The topological polar surface area (TPSA) is 73.2 Å². The van der Waals surface area contributed by atoms with E-state index in [0.29, 0.717) is 11.3 Å². The minimum atomic E-state index is -1.02. The van der Waals surface area contributed by atoms with Gasteiger partial charge in [0.25, 0.3) is 0 Å². The summed E-state index contributed by atoms with van der Waals surface area (Å²) in [7, 11) is 0. The molecule has 1 aromatic heterocycles. The molecule has 80 valence electrons. The Morgan fingerprint density at radius 1 is 1.25 bits per heavy atom. The third kappa shape index (κ3) is 2.00. The summed E-state index contributed by atoms with van der Waals surface area (Å²) in [6.07, 6.45) is 1.27. The van der Waals surface area contributed by atoms with E-state index in [9.17, 15) is 9.90 Å². The Morgan fingerprint density at radius 3 is 2.62 bits per heavy atom. The van der Waals surface area contributed by atoms with Crippen molar-refractivity contribution in [2.45, 2.75) is 0 Å². The summed E-state index contributed by atoms with van der Waals surface area (Å²) in [6.45, 7) is 0. The monoisotopic (exact) mass is 214 g/mol. The number of aromatic nitrogens is 1. The lowest BCUT2D eigenvalue weighted by Crippen LogP contribution is -1.97. The molecule has 0 unspecified atom stereocenters. The SMILES string of the molecule is O=C(O)c1ccc(-c2cccc([O-])c2)nc1. The summed E-state index contributed by atoms with van der Waals surface area (Å²) in [5.41, 5.74) is 1.40. The van der Waals surface area contributed by atoms with Crippen LogP contribution in [0.3, 0.4) is 0 Å². The van der Waals surface area contributed by atoms with Crippen LogP contribution in [0.2, 0.25) is 0 Å². The highest BCUT2D eigenvalue weighted by Crippen LogP contribution is 2.19. The molecule has 16 heavy (non-hydrogen) atoms. The van der Waals surface area contributed by atoms with Crippen LogP contribution in [0.5, 0.6) is 5.75 Å². The molecule has 0 aliphatic rings. The van der Waals surface area contributed by atoms with Crippen LogP contribution in [0.25, 0.3) is 11.3 Å². The number of carboxylic acid groups (broad SMARTS) is 1. The lowest BCUT2D eigenvalue weighted by molar-refractivity contribution is -0.268. The van der Waals surface area contributed by atoms with Crippen molar-refractivity contribution in [1.29, 1.82) is 0 Å². The van der Waals surface area contributed by atoms with Crippen LogP contribution >= 0.6 is 0 Å². The Morgan fingerprint density at radius 2 is 2.06 bits per heavy atom. The zero-order valence-electron chi connectivity index (χ0n) is 8.25. The minimum Gasteiger partial charge on any atom is -0.872 e. The molecule has 0 fully saturated rings. The zero-order valence-corrected chi connectivity index (χ0v) is 8.25. The number of rotatable bonds is 2. The summed E-state index contributed by atoms with van der Waals surface area (Å²) in [5.74, 6) is -1.11. The quantitative estimate of drug-likeness (QED) is 0.822. The number of pyridine rings is 1. The molecule has 0 bridgehead atoms. The number of nitrogens with zero attached hydrogens (tertiary/aromatic N) is 1. The van der Waals surface area contributed by atoms with E-state index in [0.717, 1.165) is 0 Å². The Hall–Kier alpha value is -2.36. The molecule has 0 aliphatic carbocycles. The predicted octanol–water partition coefficient (Wildman–Crippen LogP) is 1.52. The summed E-state index contributed by atoms with van der Waals surface area (Å²) in [5, 5.41) is 19.8. The van der Waals surface area contributed by atoms with Crippen molar-refractivity contribution in [3.8, 4) is 17.0 Å². The van der Waals surface area contributed by atoms with Crippen LogP contribution in [0.15, 0.2) is 42.6 Å². The van der Waals surface area contributed by atoms with Crippen molar-refractivity contribution in [2.24, 2.45) is 0 Å². The highest BCUT2D eigenvalue weighted by molar-refractivity contribution is 5.87. The Labute approximate surface area is 91.8 Å². The fraction of sp³-hybridized carbons (Fsp3) is 0. The summed E-state index contributed by atoms with van der Waals surface area (Å²) >= 11 is 0. The van der Waals surface area contributed by atoms with Crippen molar-refractivity contribution >= 4 is 5.97 Å². The van der Waals surface area contributed by atoms with E-state index in [1.165, 1.54) is 24.4 Å². The average Bonchev–Trinajstić information content (AvgIpc) is 2.29. The van der Waals surface area contributed by atoms with Crippen molar-refractivity contribution in [3.05, 3.63) is 48.2 Å². The van der Waals surface area contributed by atoms with Gasteiger partial charge in [0.15, 0.2) is 0 Å². The maximum absolute atomic E-state index is 11.1. The van der Waals surface area contributed by atoms with Gasteiger partial charge < -0.3 is 10.2 Å². The van der Waals surface area contributed by atoms with Crippen molar-refractivity contribution < 1.29 is 15.0 Å². The van der Waals surface area contributed by atoms with E-state index >= 15 is 0 Å². The lowest BCUT2D eigenvalue weighted by Gasteiger charge is -2.07. The molecule has 0 atom stereocenters. The van der Waals surface area contributed by atoms with Gasteiger partial charge in [-0.15, -0.1) is 5.75 Å². The molecule has 0 radical (unpaired) electrons. The molecule has 0 spiro atoms. The molecule has 2 rings (SSSR count). The molecule has 1 aromatic carbocycles. The molecule has 1 N–H and O–H groups in total. The van der Waals surface area contributed by atoms with Crippen LogP contribution in [0, 0.1) is 0 Å². The van der Waals surface area contributed by atoms with E-state index in [-0.39, 0.29) is 11.3 Å². The van der Waals surface area contributed by atoms with Gasteiger partial charge in [-0.25, -0.2) is 4.79 Å². The first-order chi connectivity index (χ1) is 7.66. The highest BCUT2D eigenvalue weighted by atomic mass is 16.4. The first-order valence-corrected chi connectivity index (χ1v) is 4.63. The molecule has 0 amide bonds. The van der Waals surface area contributed by atoms with Crippen LogP contribution in [-0.2, 0) is 0 Å². The van der Waals surface area contributed by atoms with Crippen LogP contribution in [0.4, 0.5) is 0 Å². The summed E-state index contributed by atoms with van der Waals surface area (Å²) < 4.78 is 0. The maximum atomic E-state index is 11.1. The molecule has 2 aromatic rings. The number of hydrogen-bond donors (Lipinski definition) is 1. The third-order valence-electron chi connectivity index (χ3n) is 2.14. The normalized spacial score (nSPS) is 10.0. The van der Waals surface area contributed by atoms with E-state index in [1.54, 1.807) is 18.2 Å². The first kappa shape index (κ1) is 10.2. The van der Waals surface area contributed by atoms with Gasteiger partial charge in [-0.2, -0.15) is 0 Å². The van der Waals surface area contributed by atoms with Gasteiger partial charge in [-0.1, -0.05) is 24.3 Å². The van der Waals surface area contributed by atoms with Crippen molar-refractivity contribution in [2.75, 3.05) is 0 Å². The van der Waals surface area contributed by atoms with E-state index < -0.39 is 5.97 Å². The number of carboxylic acids is 1. The van der Waals surface area contributed by atoms with Gasteiger partial charge in [0, 0.05) is 6.20 Å².